The molecule has 1 N–H and O–H groups in total. The number of hydrogen-bond acceptors (Lipinski definition) is 3. The van der Waals surface area contributed by atoms with Gasteiger partial charge in [0.2, 0.25) is 0 Å². The summed E-state index contributed by atoms with van der Waals surface area (Å²) in [6, 6.07) is 25.3. The molecule has 3 heterocycles. The molecule has 1 aliphatic heterocycles. The highest BCUT2D eigenvalue weighted by Gasteiger charge is 2.42. The van der Waals surface area contributed by atoms with E-state index in [1.54, 1.807) is 0 Å². The summed E-state index contributed by atoms with van der Waals surface area (Å²) in [4.78, 5) is 9.01. The Morgan fingerprint density at radius 2 is 1.65 bits per heavy atom. The lowest BCUT2D eigenvalue weighted by Gasteiger charge is -2.29. The Kier molecular flexibility index (Phi) is 5.84. The van der Waals surface area contributed by atoms with Gasteiger partial charge < -0.3 is 19.7 Å². The summed E-state index contributed by atoms with van der Waals surface area (Å²) in [5, 5.41) is 4.26. The van der Waals surface area contributed by atoms with E-state index < -0.39 is 0 Å². The Bertz CT molecular complexity index is 1310. The molecular formula is C28H29N5S. The average Bonchev–Trinajstić information content (AvgIpc) is 3.45. The highest BCUT2D eigenvalue weighted by Crippen LogP contribution is 2.42. The van der Waals surface area contributed by atoms with E-state index in [-0.39, 0.29) is 12.1 Å². The second-order valence-electron chi connectivity index (χ2n) is 8.98. The van der Waals surface area contributed by atoms with Crippen molar-refractivity contribution < 1.29 is 0 Å². The molecule has 1 saturated heterocycles. The lowest BCUT2D eigenvalue weighted by Crippen LogP contribution is -2.30. The average molecular weight is 468 g/mol. The second kappa shape index (κ2) is 8.95. The monoisotopic (exact) mass is 467 g/mol. The van der Waals surface area contributed by atoms with Crippen LogP contribution in [0.4, 0.5) is 11.4 Å². The van der Waals surface area contributed by atoms with Gasteiger partial charge in [-0.2, -0.15) is 0 Å². The van der Waals surface area contributed by atoms with E-state index in [2.05, 4.69) is 105 Å². The van der Waals surface area contributed by atoms with Gasteiger partial charge in [-0.3, -0.25) is 4.98 Å². The molecule has 0 saturated carbocycles. The first-order chi connectivity index (χ1) is 16.4. The summed E-state index contributed by atoms with van der Waals surface area (Å²) >= 11 is 5.90. The molecule has 1 aliphatic rings. The molecule has 34 heavy (non-hydrogen) atoms. The molecule has 172 valence electrons. The Morgan fingerprint density at radius 1 is 0.882 bits per heavy atom. The molecule has 0 radical (unpaired) electrons. The van der Waals surface area contributed by atoms with Gasteiger partial charge in [-0.05, 0) is 97.9 Å². The number of pyridine rings is 1. The Hall–Kier alpha value is -3.64. The van der Waals surface area contributed by atoms with Crippen LogP contribution in [0.5, 0.6) is 0 Å². The molecule has 4 aromatic rings. The number of aryl methyl sites for hydroxylation is 2. The smallest absolute Gasteiger partial charge is 0.174 e. The number of nitrogens with zero attached hydrogens (tertiary/aromatic N) is 4. The van der Waals surface area contributed by atoms with Gasteiger partial charge in [0.05, 0.1) is 11.7 Å². The number of benzene rings is 2. The molecule has 5 rings (SSSR count). The number of anilines is 2. The first kappa shape index (κ1) is 22.2. The minimum absolute atomic E-state index is 0.0655. The molecule has 0 spiro atoms. The second-order valence-corrected chi connectivity index (χ2v) is 9.37. The largest absolute Gasteiger partial charge is 0.378 e. The van der Waals surface area contributed by atoms with Crippen molar-refractivity contribution in [2.75, 3.05) is 23.9 Å². The number of nitrogens with one attached hydrogen (secondary N) is 1. The Balaban J connectivity index is 1.64. The topological polar surface area (TPSA) is 36.3 Å². The lowest BCUT2D eigenvalue weighted by molar-refractivity contribution is 0.549. The zero-order valence-corrected chi connectivity index (χ0v) is 20.8. The summed E-state index contributed by atoms with van der Waals surface area (Å²) < 4.78 is 2.27. The van der Waals surface area contributed by atoms with Gasteiger partial charge in [0, 0.05) is 49.2 Å². The zero-order chi connectivity index (χ0) is 23.8. The number of thiocarbonyl (C=S) groups is 1. The van der Waals surface area contributed by atoms with E-state index in [4.69, 9.17) is 12.2 Å². The maximum absolute atomic E-state index is 5.90. The molecule has 2 aromatic heterocycles. The molecule has 0 bridgehead atoms. The normalized spacial score (nSPS) is 17.6. The molecule has 5 nitrogen and oxygen atoms in total. The van der Waals surface area contributed by atoms with Gasteiger partial charge in [-0.1, -0.05) is 12.1 Å². The minimum atomic E-state index is -0.0811. The summed E-state index contributed by atoms with van der Waals surface area (Å²) in [5.74, 6) is 0. The van der Waals surface area contributed by atoms with Crippen molar-refractivity contribution in [1.29, 1.82) is 0 Å². The molecule has 1 fully saturated rings. The predicted molar refractivity (Wildman–Crippen MR) is 144 cm³/mol. The standard InChI is InChI=1S/C28H29N5S/c1-19-10-11-23(18-20(19)2)32-17-7-9-25(32)27-26(24-8-5-6-16-29-24)30-28(34)33(27)22-14-12-21(13-15-22)31(3)4/h5-18,26-27H,1-4H3,(H,30,34)/t26-,27-/m1/s1. The van der Waals surface area contributed by atoms with Crippen LogP contribution in [0.2, 0.25) is 0 Å². The van der Waals surface area contributed by atoms with E-state index >= 15 is 0 Å². The summed E-state index contributed by atoms with van der Waals surface area (Å²) in [6.07, 6.45) is 3.97. The van der Waals surface area contributed by atoms with Crippen LogP contribution in [-0.4, -0.2) is 28.8 Å². The van der Waals surface area contributed by atoms with Crippen LogP contribution in [0.1, 0.15) is 34.6 Å². The van der Waals surface area contributed by atoms with Crippen molar-refractivity contribution in [2.45, 2.75) is 25.9 Å². The van der Waals surface area contributed by atoms with Gasteiger partial charge in [0.15, 0.2) is 5.11 Å². The predicted octanol–water partition coefficient (Wildman–Crippen LogP) is 5.73. The van der Waals surface area contributed by atoms with Crippen molar-refractivity contribution in [3.63, 3.8) is 0 Å². The summed E-state index contributed by atoms with van der Waals surface area (Å²) in [6.45, 7) is 4.30. The highest BCUT2D eigenvalue weighted by atomic mass is 32.1. The van der Waals surface area contributed by atoms with Crippen LogP contribution in [0.15, 0.2) is 85.2 Å². The number of aromatic nitrogens is 2. The van der Waals surface area contributed by atoms with E-state index in [1.165, 1.54) is 11.1 Å². The van der Waals surface area contributed by atoms with Crippen molar-refractivity contribution in [3.05, 3.63) is 108 Å². The van der Waals surface area contributed by atoms with Gasteiger partial charge in [0.25, 0.3) is 0 Å². The third kappa shape index (κ3) is 3.94. The first-order valence-corrected chi connectivity index (χ1v) is 11.9. The fourth-order valence-electron chi connectivity index (χ4n) is 4.59. The fourth-order valence-corrected chi connectivity index (χ4v) is 4.94. The minimum Gasteiger partial charge on any atom is -0.378 e. The maximum Gasteiger partial charge on any atom is 0.174 e. The van der Waals surface area contributed by atoms with Crippen molar-refractivity contribution >= 4 is 28.7 Å². The van der Waals surface area contributed by atoms with Crippen molar-refractivity contribution in [1.82, 2.24) is 14.9 Å². The fraction of sp³-hybridized carbons (Fsp3) is 0.214. The first-order valence-electron chi connectivity index (χ1n) is 11.5. The molecule has 0 unspecified atom stereocenters. The van der Waals surface area contributed by atoms with Crippen LogP contribution >= 0.6 is 12.2 Å². The van der Waals surface area contributed by atoms with Crippen LogP contribution in [-0.2, 0) is 0 Å². The van der Waals surface area contributed by atoms with Crippen LogP contribution in [0.3, 0.4) is 0 Å². The highest BCUT2D eigenvalue weighted by molar-refractivity contribution is 7.80. The number of rotatable bonds is 5. The zero-order valence-electron chi connectivity index (χ0n) is 19.9. The Morgan fingerprint density at radius 3 is 2.32 bits per heavy atom. The van der Waals surface area contributed by atoms with Crippen molar-refractivity contribution in [2.24, 2.45) is 0 Å². The molecule has 6 heteroatoms. The third-order valence-electron chi connectivity index (χ3n) is 6.59. The van der Waals surface area contributed by atoms with Crippen LogP contribution in [0, 0.1) is 13.8 Å². The molecule has 2 atom stereocenters. The van der Waals surface area contributed by atoms with E-state index in [0.717, 1.165) is 28.5 Å². The van der Waals surface area contributed by atoms with Crippen molar-refractivity contribution in [3.8, 4) is 5.69 Å². The van der Waals surface area contributed by atoms with E-state index in [9.17, 15) is 0 Å². The Labute approximate surface area is 206 Å². The van der Waals surface area contributed by atoms with Gasteiger partial charge >= 0.3 is 0 Å². The summed E-state index contributed by atoms with van der Waals surface area (Å²) in [7, 11) is 4.10. The molecular weight excluding hydrogens is 438 g/mol. The molecule has 2 aromatic carbocycles. The van der Waals surface area contributed by atoms with Gasteiger partial charge in [-0.15, -0.1) is 0 Å². The van der Waals surface area contributed by atoms with E-state index in [0.29, 0.717) is 5.11 Å². The summed E-state index contributed by atoms with van der Waals surface area (Å²) in [5.41, 5.74) is 8.03. The third-order valence-corrected chi connectivity index (χ3v) is 6.91. The molecule has 0 amide bonds. The van der Waals surface area contributed by atoms with Crippen LogP contribution < -0.4 is 15.1 Å². The molecule has 0 aliphatic carbocycles. The van der Waals surface area contributed by atoms with Crippen LogP contribution in [0.25, 0.3) is 5.69 Å². The SMILES string of the molecule is Cc1ccc(-n2cccc2[C@@H]2[C@@H](c3ccccn3)NC(=S)N2c2ccc(N(C)C)cc2)cc1C. The van der Waals surface area contributed by atoms with Gasteiger partial charge in [0.1, 0.15) is 6.04 Å². The van der Waals surface area contributed by atoms with E-state index in [1.807, 2.05) is 32.4 Å². The number of hydrogen-bond donors (Lipinski definition) is 1. The lowest BCUT2D eigenvalue weighted by atomic mass is 10.0. The maximum atomic E-state index is 5.90. The quantitative estimate of drug-likeness (QED) is 0.379. The van der Waals surface area contributed by atoms with Gasteiger partial charge in [-0.25, -0.2) is 0 Å².